The van der Waals surface area contributed by atoms with Crippen LogP contribution in [0.3, 0.4) is 0 Å². The predicted molar refractivity (Wildman–Crippen MR) is 75.6 cm³/mol. The largest absolute Gasteiger partial charge is 0.390 e. The van der Waals surface area contributed by atoms with Crippen molar-refractivity contribution in [2.75, 3.05) is 13.1 Å². The fraction of sp³-hybridized carbons (Fsp3) is 0.467. The lowest BCUT2D eigenvalue weighted by Crippen LogP contribution is -2.46. The maximum Gasteiger partial charge on any atom is 0.261 e. The molecule has 0 saturated carbocycles. The summed E-state index contributed by atoms with van der Waals surface area (Å²) in [6.45, 7) is 6.30. The summed E-state index contributed by atoms with van der Waals surface area (Å²) in [6, 6.07) is 6.72. The van der Waals surface area contributed by atoms with Crippen molar-refractivity contribution in [3.63, 3.8) is 0 Å². The summed E-state index contributed by atoms with van der Waals surface area (Å²) >= 11 is 0. The predicted octanol–water partition coefficient (Wildman–Crippen LogP) is 1.03. The number of hydrogen-bond acceptors (Lipinski definition) is 4. The van der Waals surface area contributed by atoms with Crippen molar-refractivity contribution in [3.8, 4) is 0 Å². The Morgan fingerprint density at radius 2 is 1.65 bits per heavy atom. The van der Waals surface area contributed by atoms with Gasteiger partial charge in [-0.1, -0.05) is 12.1 Å². The highest BCUT2D eigenvalue weighted by molar-refractivity contribution is 6.21. The Labute approximate surface area is 118 Å². The number of aliphatic hydroxyl groups excluding tert-OH is 1. The third-order valence-corrected chi connectivity index (χ3v) is 3.14. The van der Waals surface area contributed by atoms with Crippen molar-refractivity contribution in [2.24, 2.45) is 0 Å². The molecule has 1 aliphatic heterocycles. The molecule has 0 spiro atoms. The van der Waals surface area contributed by atoms with Gasteiger partial charge in [0.2, 0.25) is 0 Å². The maximum atomic E-state index is 12.1. The number of amides is 2. The molecule has 2 N–H and O–H groups in total. The number of nitrogens with zero attached hydrogens (tertiary/aromatic N) is 1. The second kappa shape index (κ2) is 5.34. The van der Waals surface area contributed by atoms with E-state index in [0.29, 0.717) is 17.7 Å². The van der Waals surface area contributed by atoms with Crippen molar-refractivity contribution >= 4 is 11.8 Å². The number of benzene rings is 1. The SMILES string of the molecule is CC(C)(C)NCC(O)CN1C(=O)c2ccccc2C1=O. The molecule has 1 aromatic carbocycles. The average Bonchev–Trinajstić information content (AvgIpc) is 2.62. The van der Waals surface area contributed by atoms with E-state index in [9.17, 15) is 14.7 Å². The van der Waals surface area contributed by atoms with E-state index in [1.807, 2.05) is 20.8 Å². The van der Waals surface area contributed by atoms with Gasteiger partial charge in [0.25, 0.3) is 11.8 Å². The summed E-state index contributed by atoms with van der Waals surface area (Å²) < 4.78 is 0. The lowest BCUT2D eigenvalue weighted by atomic mass is 10.1. The van der Waals surface area contributed by atoms with Crippen LogP contribution in [-0.4, -0.2) is 46.6 Å². The Hall–Kier alpha value is -1.72. The van der Waals surface area contributed by atoms with Crippen LogP contribution in [0.25, 0.3) is 0 Å². The van der Waals surface area contributed by atoms with Gasteiger partial charge in [0, 0.05) is 12.1 Å². The first-order valence-corrected chi connectivity index (χ1v) is 6.68. The quantitative estimate of drug-likeness (QED) is 0.806. The van der Waals surface area contributed by atoms with E-state index < -0.39 is 6.10 Å². The van der Waals surface area contributed by atoms with E-state index in [4.69, 9.17) is 0 Å². The van der Waals surface area contributed by atoms with Crippen LogP contribution in [0, 0.1) is 0 Å². The molecule has 1 heterocycles. The number of aliphatic hydroxyl groups is 1. The van der Waals surface area contributed by atoms with Crippen molar-refractivity contribution in [1.29, 1.82) is 0 Å². The van der Waals surface area contributed by atoms with E-state index in [-0.39, 0.29) is 23.9 Å². The second-order valence-corrected chi connectivity index (χ2v) is 6.05. The van der Waals surface area contributed by atoms with Crippen LogP contribution in [0.5, 0.6) is 0 Å². The van der Waals surface area contributed by atoms with Crippen LogP contribution >= 0.6 is 0 Å². The molecule has 20 heavy (non-hydrogen) atoms. The van der Waals surface area contributed by atoms with Gasteiger partial charge in [-0.15, -0.1) is 0 Å². The second-order valence-electron chi connectivity index (χ2n) is 6.05. The highest BCUT2D eigenvalue weighted by Crippen LogP contribution is 2.22. The average molecular weight is 276 g/mol. The fourth-order valence-corrected chi connectivity index (χ4v) is 2.10. The molecule has 0 saturated heterocycles. The molecule has 2 rings (SSSR count). The molecule has 0 bridgehead atoms. The van der Waals surface area contributed by atoms with Crippen LogP contribution in [0.2, 0.25) is 0 Å². The number of nitrogens with one attached hydrogen (secondary N) is 1. The molecule has 5 nitrogen and oxygen atoms in total. The molecule has 1 aromatic rings. The first-order valence-electron chi connectivity index (χ1n) is 6.68. The molecular formula is C15H20N2O3. The third kappa shape index (κ3) is 3.05. The molecule has 108 valence electrons. The van der Waals surface area contributed by atoms with Gasteiger partial charge in [0.05, 0.1) is 23.8 Å². The Morgan fingerprint density at radius 1 is 1.15 bits per heavy atom. The zero-order chi connectivity index (χ0) is 14.9. The molecule has 0 fully saturated rings. The highest BCUT2D eigenvalue weighted by Gasteiger charge is 2.36. The fourth-order valence-electron chi connectivity index (χ4n) is 2.10. The number of imide groups is 1. The van der Waals surface area contributed by atoms with Gasteiger partial charge in [-0.3, -0.25) is 14.5 Å². The zero-order valence-corrected chi connectivity index (χ0v) is 12.0. The lowest BCUT2D eigenvalue weighted by Gasteiger charge is -2.24. The molecule has 5 heteroatoms. The minimum Gasteiger partial charge on any atom is -0.390 e. The number of fused-ring (bicyclic) bond motifs is 1. The number of β-amino-alcohol motifs (C(OH)–C–C–N with tert-alkyl or cyclic N) is 1. The minimum atomic E-state index is -0.781. The van der Waals surface area contributed by atoms with Gasteiger partial charge in [0.1, 0.15) is 0 Å². The lowest BCUT2D eigenvalue weighted by molar-refractivity contribution is 0.0537. The normalized spacial score (nSPS) is 16.5. The summed E-state index contributed by atoms with van der Waals surface area (Å²) in [5.74, 6) is -0.666. The summed E-state index contributed by atoms with van der Waals surface area (Å²) in [4.78, 5) is 25.3. The molecule has 2 amide bonds. The third-order valence-electron chi connectivity index (χ3n) is 3.14. The Bertz CT molecular complexity index is 499. The van der Waals surface area contributed by atoms with Gasteiger partial charge < -0.3 is 10.4 Å². The number of carbonyl (C=O) groups is 2. The van der Waals surface area contributed by atoms with E-state index in [1.165, 1.54) is 0 Å². The van der Waals surface area contributed by atoms with Gasteiger partial charge in [0.15, 0.2) is 0 Å². The topological polar surface area (TPSA) is 69.6 Å². The molecule has 1 aliphatic rings. The van der Waals surface area contributed by atoms with Gasteiger partial charge in [-0.2, -0.15) is 0 Å². The minimum absolute atomic E-state index is 0.00935. The summed E-state index contributed by atoms with van der Waals surface area (Å²) in [5, 5.41) is 13.1. The molecular weight excluding hydrogens is 256 g/mol. The van der Waals surface area contributed by atoms with Gasteiger partial charge in [-0.25, -0.2) is 0 Å². The Morgan fingerprint density at radius 3 is 2.10 bits per heavy atom. The summed E-state index contributed by atoms with van der Waals surface area (Å²) in [5.41, 5.74) is 0.699. The summed E-state index contributed by atoms with van der Waals surface area (Å²) in [6.07, 6.45) is -0.781. The van der Waals surface area contributed by atoms with Crippen molar-refractivity contribution < 1.29 is 14.7 Å². The Kier molecular flexibility index (Phi) is 3.92. The van der Waals surface area contributed by atoms with Crippen molar-refractivity contribution in [1.82, 2.24) is 10.2 Å². The monoisotopic (exact) mass is 276 g/mol. The van der Waals surface area contributed by atoms with Crippen LogP contribution in [0.15, 0.2) is 24.3 Å². The van der Waals surface area contributed by atoms with Crippen molar-refractivity contribution in [3.05, 3.63) is 35.4 Å². The van der Waals surface area contributed by atoms with E-state index >= 15 is 0 Å². The smallest absolute Gasteiger partial charge is 0.261 e. The van der Waals surface area contributed by atoms with Gasteiger partial charge >= 0.3 is 0 Å². The Balaban J connectivity index is 2.02. The van der Waals surface area contributed by atoms with Crippen molar-refractivity contribution in [2.45, 2.75) is 32.4 Å². The summed E-state index contributed by atoms with van der Waals surface area (Å²) in [7, 11) is 0. The highest BCUT2D eigenvalue weighted by atomic mass is 16.3. The van der Waals surface area contributed by atoms with Crippen LogP contribution in [0.4, 0.5) is 0 Å². The van der Waals surface area contributed by atoms with Gasteiger partial charge in [-0.05, 0) is 32.9 Å². The van der Waals surface area contributed by atoms with Crippen LogP contribution in [0.1, 0.15) is 41.5 Å². The molecule has 0 radical (unpaired) electrons. The van der Waals surface area contributed by atoms with Crippen LogP contribution < -0.4 is 5.32 Å². The maximum absolute atomic E-state index is 12.1. The van der Waals surface area contributed by atoms with E-state index in [2.05, 4.69) is 5.32 Å². The molecule has 1 atom stereocenters. The number of carbonyl (C=O) groups excluding carboxylic acids is 2. The van der Waals surface area contributed by atoms with E-state index in [1.54, 1.807) is 24.3 Å². The first-order chi connectivity index (χ1) is 9.29. The molecule has 0 aromatic heterocycles. The van der Waals surface area contributed by atoms with E-state index in [0.717, 1.165) is 4.90 Å². The zero-order valence-electron chi connectivity index (χ0n) is 12.0. The van der Waals surface area contributed by atoms with Crippen LogP contribution in [-0.2, 0) is 0 Å². The molecule has 1 unspecified atom stereocenters. The molecule has 0 aliphatic carbocycles. The standard InChI is InChI=1S/C15H20N2O3/c1-15(2,3)16-8-10(18)9-17-13(19)11-6-4-5-7-12(11)14(17)20/h4-7,10,16,18H,8-9H2,1-3H3. The number of rotatable bonds is 4. The number of hydrogen-bond donors (Lipinski definition) is 2. The first kappa shape index (κ1) is 14.7.